The second-order valence-corrected chi connectivity index (χ2v) is 4.31. The minimum atomic E-state index is -0.402. The predicted molar refractivity (Wildman–Crippen MR) is 76.8 cm³/mol. The molecule has 2 amide bonds. The highest BCUT2D eigenvalue weighted by molar-refractivity contribution is 6.37. The van der Waals surface area contributed by atoms with E-state index in [1.165, 1.54) is 6.92 Å². The molecule has 6 heteroatoms. The van der Waals surface area contributed by atoms with Crippen molar-refractivity contribution in [3.63, 3.8) is 0 Å². The number of carbonyl (C=O) groups excluding carboxylic acids is 2. The monoisotopic (exact) mass is 277 g/mol. The summed E-state index contributed by atoms with van der Waals surface area (Å²) >= 11 is 0. The highest BCUT2D eigenvalue weighted by Gasteiger charge is 2.05. The van der Waals surface area contributed by atoms with E-state index in [2.05, 4.69) is 15.8 Å². The van der Waals surface area contributed by atoms with Crippen molar-refractivity contribution < 1.29 is 14.8 Å². The standard InChI is InChI=1S/C14H19N3O3/c1-11(17-20)14(19)15-10-6-5-9-13(18)16-12-7-3-2-4-8-12/h2-4,7-8,20H,5-6,9-10H2,1H3,(H,15,19)(H,16,18). The van der Waals surface area contributed by atoms with Gasteiger partial charge in [0.2, 0.25) is 5.91 Å². The Labute approximate surface area is 117 Å². The van der Waals surface area contributed by atoms with E-state index in [9.17, 15) is 9.59 Å². The largest absolute Gasteiger partial charge is 0.410 e. The SMILES string of the molecule is CC(=NO)C(=O)NCCCCC(=O)Nc1ccccc1. The first kappa shape index (κ1) is 15.7. The van der Waals surface area contributed by atoms with Gasteiger partial charge in [0.15, 0.2) is 0 Å². The number of hydrogen-bond donors (Lipinski definition) is 3. The zero-order chi connectivity index (χ0) is 14.8. The van der Waals surface area contributed by atoms with Crippen molar-refractivity contribution >= 4 is 23.2 Å². The molecule has 0 aliphatic carbocycles. The number of oxime groups is 1. The molecule has 0 heterocycles. The van der Waals surface area contributed by atoms with Crippen LogP contribution in [-0.4, -0.2) is 29.3 Å². The third kappa shape index (κ3) is 5.99. The molecule has 20 heavy (non-hydrogen) atoms. The van der Waals surface area contributed by atoms with Gasteiger partial charge in [-0.1, -0.05) is 23.4 Å². The summed E-state index contributed by atoms with van der Waals surface area (Å²) in [6, 6.07) is 9.26. The molecule has 0 aliphatic heterocycles. The van der Waals surface area contributed by atoms with Crippen LogP contribution in [-0.2, 0) is 9.59 Å². The summed E-state index contributed by atoms with van der Waals surface area (Å²) in [4.78, 5) is 22.8. The molecular weight excluding hydrogens is 258 g/mol. The van der Waals surface area contributed by atoms with Crippen LogP contribution < -0.4 is 10.6 Å². The van der Waals surface area contributed by atoms with Crippen molar-refractivity contribution in [2.75, 3.05) is 11.9 Å². The minimum Gasteiger partial charge on any atom is -0.410 e. The molecule has 0 atom stereocenters. The lowest BCUT2D eigenvalue weighted by Gasteiger charge is -2.05. The van der Waals surface area contributed by atoms with Crippen LogP contribution in [0.1, 0.15) is 26.2 Å². The average molecular weight is 277 g/mol. The Kier molecular flexibility index (Phi) is 6.81. The van der Waals surface area contributed by atoms with Gasteiger partial charge in [0.05, 0.1) is 0 Å². The van der Waals surface area contributed by atoms with Crippen LogP contribution in [0, 0.1) is 0 Å². The first-order chi connectivity index (χ1) is 9.63. The second kappa shape index (κ2) is 8.68. The molecule has 1 rings (SSSR count). The van der Waals surface area contributed by atoms with Crippen molar-refractivity contribution in [3.05, 3.63) is 30.3 Å². The number of amides is 2. The van der Waals surface area contributed by atoms with Gasteiger partial charge >= 0.3 is 0 Å². The molecule has 1 aromatic carbocycles. The normalized spacial score (nSPS) is 10.9. The zero-order valence-electron chi connectivity index (χ0n) is 11.4. The topological polar surface area (TPSA) is 90.8 Å². The molecule has 0 radical (unpaired) electrons. The lowest BCUT2D eigenvalue weighted by Crippen LogP contribution is -2.30. The van der Waals surface area contributed by atoms with Gasteiger partial charge < -0.3 is 15.8 Å². The first-order valence-corrected chi connectivity index (χ1v) is 6.45. The number of nitrogens with zero attached hydrogens (tertiary/aromatic N) is 1. The highest BCUT2D eigenvalue weighted by atomic mass is 16.4. The summed E-state index contributed by atoms with van der Waals surface area (Å²) in [5.74, 6) is -0.447. The average Bonchev–Trinajstić information content (AvgIpc) is 2.46. The first-order valence-electron chi connectivity index (χ1n) is 6.45. The van der Waals surface area contributed by atoms with Crippen LogP contribution in [0.25, 0.3) is 0 Å². The molecule has 0 aliphatic rings. The fourth-order valence-electron chi connectivity index (χ4n) is 1.53. The number of unbranched alkanes of at least 4 members (excludes halogenated alkanes) is 1. The van der Waals surface area contributed by atoms with Crippen LogP contribution >= 0.6 is 0 Å². The molecule has 0 spiro atoms. The third-order valence-corrected chi connectivity index (χ3v) is 2.65. The van der Waals surface area contributed by atoms with Gasteiger partial charge in [0.25, 0.3) is 5.91 Å². The number of carbonyl (C=O) groups is 2. The number of anilines is 1. The van der Waals surface area contributed by atoms with Crippen molar-refractivity contribution in [2.24, 2.45) is 5.16 Å². The summed E-state index contributed by atoms with van der Waals surface area (Å²) in [5, 5.41) is 16.6. The molecule has 0 saturated heterocycles. The minimum absolute atomic E-state index is 0.0202. The third-order valence-electron chi connectivity index (χ3n) is 2.65. The number of rotatable bonds is 7. The van der Waals surface area contributed by atoms with E-state index in [0.29, 0.717) is 25.8 Å². The number of benzene rings is 1. The fourth-order valence-corrected chi connectivity index (χ4v) is 1.53. The number of para-hydroxylation sites is 1. The zero-order valence-corrected chi connectivity index (χ0v) is 11.4. The van der Waals surface area contributed by atoms with Crippen molar-refractivity contribution in [1.82, 2.24) is 5.32 Å². The number of hydrogen-bond acceptors (Lipinski definition) is 4. The maximum absolute atomic E-state index is 11.6. The van der Waals surface area contributed by atoms with E-state index in [4.69, 9.17) is 5.21 Å². The van der Waals surface area contributed by atoms with Crippen molar-refractivity contribution in [1.29, 1.82) is 0 Å². The van der Waals surface area contributed by atoms with Gasteiger partial charge in [-0.15, -0.1) is 0 Å². The predicted octanol–water partition coefficient (Wildman–Crippen LogP) is 1.76. The molecule has 0 fully saturated rings. The van der Waals surface area contributed by atoms with Crippen molar-refractivity contribution in [2.45, 2.75) is 26.2 Å². The summed E-state index contributed by atoms with van der Waals surface area (Å²) in [6.07, 6.45) is 1.76. The van der Waals surface area contributed by atoms with Crippen LogP contribution in [0.15, 0.2) is 35.5 Å². The number of nitrogens with one attached hydrogen (secondary N) is 2. The fraction of sp³-hybridized carbons (Fsp3) is 0.357. The van der Waals surface area contributed by atoms with Gasteiger partial charge in [0, 0.05) is 18.7 Å². The smallest absolute Gasteiger partial charge is 0.268 e. The summed E-state index contributed by atoms with van der Waals surface area (Å²) in [7, 11) is 0. The van der Waals surface area contributed by atoms with Gasteiger partial charge in [-0.3, -0.25) is 9.59 Å². The maximum atomic E-state index is 11.6. The molecule has 0 saturated carbocycles. The van der Waals surface area contributed by atoms with Crippen molar-refractivity contribution in [3.8, 4) is 0 Å². The molecule has 0 bridgehead atoms. The Morgan fingerprint density at radius 3 is 2.55 bits per heavy atom. The lowest BCUT2D eigenvalue weighted by atomic mass is 10.2. The van der Waals surface area contributed by atoms with E-state index < -0.39 is 5.91 Å². The van der Waals surface area contributed by atoms with E-state index in [1.807, 2.05) is 30.3 Å². The molecule has 6 nitrogen and oxygen atoms in total. The molecule has 3 N–H and O–H groups in total. The summed E-state index contributed by atoms with van der Waals surface area (Å²) in [5.41, 5.74) is 0.799. The Morgan fingerprint density at radius 2 is 1.90 bits per heavy atom. The Balaban J connectivity index is 2.12. The Bertz CT molecular complexity index is 472. The molecule has 0 unspecified atom stereocenters. The quantitative estimate of drug-likeness (QED) is 0.307. The lowest BCUT2D eigenvalue weighted by molar-refractivity contribution is -0.116. The van der Waals surface area contributed by atoms with Crippen LogP contribution in [0.5, 0.6) is 0 Å². The van der Waals surface area contributed by atoms with E-state index >= 15 is 0 Å². The van der Waals surface area contributed by atoms with Crippen LogP contribution in [0.4, 0.5) is 5.69 Å². The van der Waals surface area contributed by atoms with Crippen LogP contribution in [0.3, 0.4) is 0 Å². The highest BCUT2D eigenvalue weighted by Crippen LogP contribution is 2.06. The Morgan fingerprint density at radius 1 is 1.20 bits per heavy atom. The summed E-state index contributed by atoms with van der Waals surface area (Å²) in [6.45, 7) is 1.87. The second-order valence-electron chi connectivity index (χ2n) is 4.31. The Hall–Kier alpha value is -2.37. The molecule has 108 valence electrons. The van der Waals surface area contributed by atoms with Gasteiger partial charge in [-0.25, -0.2) is 0 Å². The van der Waals surface area contributed by atoms with Gasteiger partial charge in [-0.05, 0) is 31.9 Å². The van der Waals surface area contributed by atoms with Crippen LogP contribution in [0.2, 0.25) is 0 Å². The van der Waals surface area contributed by atoms with Gasteiger partial charge in [0.1, 0.15) is 5.71 Å². The van der Waals surface area contributed by atoms with E-state index in [-0.39, 0.29) is 11.6 Å². The van der Waals surface area contributed by atoms with E-state index in [1.54, 1.807) is 0 Å². The summed E-state index contributed by atoms with van der Waals surface area (Å²) < 4.78 is 0. The van der Waals surface area contributed by atoms with Gasteiger partial charge in [-0.2, -0.15) is 0 Å². The molecule has 0 aromatic heterocycles. The molecular formula is C14H19N3O3. The van der Waals surface area contributed by atoms with E-state index in [0.717, 1.165) is 5.69 Å². The molecule has 1 aromatic rings. The maximum Gasteiger partial charge on any atom is 0.268 e.